The number of nitrogens with one attached hydrogen (secondary N) is 1. The van der Waals surface area contributed by atoms with Gasteiger partial charge in [0.25, 0.3) is 0 Å². The molecule has 1 aromatic rings. The van der Waals surface area contributed by atoms with E-state index in [0.717, 1.165) is 12.1 Å². The summed E-state index contributed by atoms with van der Waals surface area (Å²) < 4.78 is 13.2. The van der Waals surface area contributed by atoms with Gasteiger partial charge in [0.15, 0.2) is 0 Å². The summed E-state index contributed by atoms with van der Waals surface area (Å²) >= 11 is 0. The maximum absolute atomic E-state index is 13.2. The van der Waals surface area contributed by atoms with Gasteiger partial charge in [-0.3, -0.25) is 0 Å². The summed E-state index contributed by atoms with van der Waals surface area (Å²) in [6.45, 7) is 7.84. The molecule has 1 fully saturated rings. The quantitative estimate of drug-likeness (QED) is 0.877. The molecule has 2 atom stereocenters. The average molecular weight is 264 g/mol. The molecule has 0 spiro atoms. The van der Waals surface area contributed by atoms with Crippen molar-refractivity contribution >= 4 is 0 Å². The van der Waals surface area contributed by atoms with Crippen molar-refractivity contribution in [3.8, 4) is 0 Å². The van der Waals surface area contributed by atoms with Crippen LogP contribution in [-0.4, -0.2) is 30.6 Å². The zero-order chi connectivity index (χ0) is 13.7. The molecule has 0 saturated carbocycles. The summed E-state index contributed by atoms with van der Waals surface area (Å²) in [6.07, 6.45) is 4.02. The highest BCUT2D eigenvalue weighted by atomic mass is 19.1. The molecule has 1 aromatic carbocycles. The van der Waals surface area contributed by atoms with Crippen molar-refractivity contribution in [1.82, 2.24) is 10.2 Å². The van der Waals surface area contributed by atoms with Crippen molar-refractivity contribution in [1.29, 1.82) is 0 Å². The average Bonchev–Trinajstić information content (AvgIpc) is 2.39. The van der Waals surface area contributed by atoms with Crippen molar-refractivity contribution < 1.29 is 4.39 Å². The lowest BCUT2D eigenvalue weighted by Crippen LogP contribution is -2.42. The third kappa shape index (κ3) is 4.59. The van der Waals surface area contributed by atoms with Crippen LogP contribution in [0.25, 0.3) is 0 Å². The topological polar surface area (TPSA) is 15.3 Å². The third-order valence-electron chi connectivity index (χ3n) is 3.86. The first kappa shape index (κ1) is 14.5. The van der Waals surface area contributed by atoms with E-state index < -0.39 is 0 Å². The molecule has 1 heterocycles. The number of rotatable bonds is 5. The van der Waals surface area contributed by atoms with E-state index in [1.807, 2.05) is 6.07 Å². The van der Waals surface area contributed by atoms with Gasteiger partial charge in [0.2, 0.25) is 0 Å². The van der Waals surface area contributed by atoms with Crippen molar-refractivity contribution in [2.24, 2.45) is 0 Å². The van der Waals surface area contributed by atoms with Crippen LogP contribution in [0.3, 0.4) is 0 Å². The Bertz CT molecular complexity index is 388. The molecule has 3 heteroatoms. The van der Waals surface area contributed by atoms with E-state index in [1.165, 1.54) is 38.4 Å². The molecule has 19 heavy (non-hydrogen) atoms. The van der Waals surface area contributed by atoms with Gasteiger partial charge in [0.05, 0.1) is 0 Å². The summed E-state index contributed by atoms with van der Waals surface area (Å²) in [5.41, 5.74) is 1.02. The first-order valence-electron chi connectivity index (χ1n) is 7.39. The van der Waals surface area contributed by atoms with E-state index in [2.05, 4.69) is 24.1 Å². The Balaban J connectivity index is 1.82. The Morgan fingerprint density at radius 1 is 1.21 bits per heavy atom. The number of hydrogen-bond donors (Lipinski definition) is 1. The van der Waals surface area contributed by atoms with Crippen molar-refractivity contribution in [3.05, 3.63) is 35.6 Å². The van der Waals surface area contributed by atoms with Crippen LogP contribution in [0.5, 0.6) is 0 Å². The molecule has 2 unspecified atom stereocenters. The lowest BCUT2D eigenvalue weighted by Gasteiger charge is -2.30. The monoisotopic (exact) mass is 264 g/mol. The van der Waals surface area contributed by atoms with Crippen LogP contribution in [0.4, 0.5) is 4.39 Å². The maximum Gasteiger partial charge on any atom is 0.123 e. The molecule has 0 bridgehead atoms. The highest BCUT2D eigenvalue weighted by Crippen LogP contribution is 2.15. The van der Waals surface area contributed by atoms with E-state index >= 15 is 0 Å². The molecule has 1 N–H and O–H groups in total. The van der Waals surface area contributed by atoms with E-state index in [9.17, 15) is 4.39 Å². The first-order valence-corrected chi connectivity index (χ1v) is 7.39. The second kappa shape index (κ2) is 7.01. The van der Waals surface area contributed by atoms with Gasteiger partial charge < -0.3 is 10.2 Å². The molecule has 1 saturated heterocycles. The number of piperidine rings is 1. The van der Waals surface area contributed by atoms with Crippen LogP contribution in [-0.2, 0) is 0 Å². The minimum absolute atomic E-state index is 0.158. The van der Waals surface area contributed by atoms with Crippen LogP contribution in [0, 0.1) is 5.82 Å². The molecular formula is C16H25FN2. The predicted octanol–water partition coefficient (Wildman–Crippen LogP) is 3.35. The third-order valence-corrected chi connectivity index (χ3v) is 3.86. The Morgan fingerprint density at radius 2 is 1.95 bits per heavy atom. The summed E-state index contributed by atoms with van der Waals surface area (Å²) in [4.78, 5) is 2.53. The van der Waals surface area contributed by atoms with E-state index in [0.29, 0.717) is 6.04 Å². The summed E-state index contributed by atoms with van der Waals surface area (Å²) in [7, 11) is 0. The molecular weight excluding hydrogens is 239 g/mol. The lowest BCUT2D eigenvalue weighted by molar-refractivity contribution is 0.205. The second-order valence-electron chi connectivity index (χ2n) is 5.71. The summed E-state index contributed by atoms with van der Waals surface area (Å²) in [5.74, 6) is -0.158. The van der Waals surface area contributed by atoms with E-state index in [4.69, 9.17) is 0 Å². The summed E-state index contributed by atoms with van der Waals surface area (Å²) in [6, 6.07) is 7.48. The Morgan fingerprint density at radius 3 is 2.63 bits per heavy atom. The first-order chi connectivity index (χ1) is 9.15. The molecule has 2 nitrogen and oxygen atoms in total. The Hall–Kier alpha value is -0.930. The van der Waals surface area contributed by atoms with Gasteiger partial charge in [-0.2, -0.15) is 0 Å². The van der Waals surface area contributed by atoms with Gasteiger partial charge >= 0.3 is 0 Å². The number of halogens is 1. The van der Waals surface area contributed by atoms with Crippen molar-refractivity contribution in [2.45, 2.75) is 45.2 Å². The summed E-state index contributed by atoms with van der Waals surface area (Å²) in [5, 5.41) is 3.56. The van der Waals surface area contributed by atoms with Gasteiger partial charge in [-0.25, -0.2) is 4.39 Å². The van der Waals surface area contributed by atoms with Crippen LogP contribution >= 0.6 is 0 Å². The van der Waals surface area contributed by atoms with Crippen molar-refractivity contribution in [3.63, 3.8) is 0 Å². The smallest absolute Gasteiger partial charge is 0.123 e. The zero-order valence-corrected chi connectivity index (χ0v) is 12.0. The van der Waals surface area contributed by atoms with Gasteiger partial charge in [-0.15, -0.1) is 0 Å². The highest BCUT2D eigenvalue weighted by molar-refractivity contribution is 5.19. The van der Waals surface area contributed by atoms with Crippen LogP contribution in [0.2, 0.25) is 0 Å². The second-order valence-corrected chi connectivity index (χ2v) is 5.71. The fourth-order valence-corrected chi connectivity index (χ4v) is 2.88. The molecule has 0 aliphatic carbocycles. The van der Waals surface area contributed by atoms with E-state index in [1.54, 1.807) is 12.1 Å². The lowest BCUT2D eigenvalue weighted by atomic mass is 10.1. The van der Waals surface area contributed by atoms with Crippen molar-refractivity contribution in [2.75, 3.05) is 19.6 Å². The van der Waals surface area contributed by atoms with Gasteiger partial charge in [-0.1, -0.05) is 18.6 Å². The minimum atomic E-state index is -0.158. The molecule has 0 radical (unpaired) electrons. The molecule has 0 aromatic heterocycles. The zero-order valence-electron chi connectivity index (χ0n) is 12.0. The minimum Gasteiger partial charge on any atom is -0.306 e. The highest BCUT2D eigenvalue weighted by Gasteiger charge is 2.15. The van der Waals surface area contributed by atoms with Crippen LogP contribution in [0.1, 0.15) is 44.7 Å². The Kier molecular flexibility index (Phi) is 5.34. The SMILES string of the molecule is CC(CN1CCCCC1)NC(C)c1cccc(F)c1. The normalized spacial score (nSPS) is 20.2. The largest absolute Gasteiger partial charge is 0.306 e. The molecule has 2 rings (SSSR count). The number of nitrogens with zero attached hydrogens (tertiary/aromatic N) is 1. The van der Waals surface area contributed by atoms with Gasteiger partial charge in [-0.05, 0) is 57.5 Å². The van der Waals surface area contributed by atoms with Crippen LogP contribution < -0.4 is 5.32 Å². The molecule has 1 aliphatic heterocycles. The Labute approximate surface area is 116 Å². The fourth-order valence-electron chi connectivity index (χ4n) is 2.88. The van der Waals surface area contributed by atoms with Gasteiger partial charge in [0.1, 0.15) is 5.82 Å². The standard InChI is InChI=1S/C16H25FN2/c1-13(12-19-9-4-3-5-10-19)18-14(2)15-7-6-8-16(17)11-15/h6-8,11,13-14,18H,3-5,9-10,12H2,1-2H3. The number of benzene rings is 1. The van der Waals surface area contributed by atoms with Gasteiger partial charge in [0, 0.05) is 18.6 Å². The fraction of sp³-hybridized carbons (Fsp3) is 0.625. The van der Waals surface area contributed by atoms with Crippen LogP contribution in [0.15, 0.2) is 24.3 Å². The molecule has 0 amide bonds. The predicted molar refractivity (Wildman–Crippen MR) is 77.7 cm³/mol. The van der Waals surface area contributed by atoms with E-state index in [-0.39, 0.29) is 11.9 Å². The maximum atomic E-state index is 13.2. The number of likely N-dealkylation sites (tertiary alicyclic amines) is 1. The molecule has 106 valence electrons. The molecule has 1 aliphatic rings. The number of hydrogen-bond acceptors (Lipinski definition) is 2.